The van der Waals surface area contributed by atoms with Gasteiger partial charge in [-0.05, 0) is 11.6 Å². The van der Waals surface area contributed by atoms with Crippen molar-refractivity contribution in [3.8, 4) is 11.3 Å². The number of halogens is 2. The molecule has 0 spiro atoms. The lowest BCUT2D eigenvalue weighted by Crippen LogP contribution is -2.18. The fourth-order valence-electron chi connectivity index (χ4n) is 2.30. The van der Waals surface area contributed by atoms with E-state index in [1.54, 1.807) is 35.7 Å². The molecule has 5 nitrogen and oxygen atoms in total. The molecule has 0 aliphatic rings. The fraction of sp³-hybridized carbons (Fsp3) is 0.176. The quantitative estimate of drug-likeness (QED) is 0.530. The maximum Gasteiger partial charge on any atom is 0.227 e. The van der Waals surface area contributed by atoms with E-state index in [1.807, 2.05) is 6.07 Å². The van der Waals surface area contributed by atoms with Crippen LogP contribution in [0.3, 0.4) is 0 Å². The summed E-state index contributed by atoms with van der Waals surface area (Å²) in [7, 11) is -3.37. The molecule has 3 rings (SSSR count). The largest absolute Gasteiger partial charge is 0.302 e. The number of sulfone groups is 1. The van der Waals surface area contributed by atoms with Gasteiger partial charge in [0, 0.05) is 17.4 Å². The summed E-state index contributed by atoms with van der Waals surface area (Å²) in [6.07, 6.45) is -0.130. The van der Waals surface area contributed by atoms with Crippen LogP contribution in [-0.4, -0.2) is 25.1 Å². The molecule has 1 N–H and O–H groups in total. The van der Waals surface area contributed by atoms with Gasteiger partial charge in [0.05, 0.1) is 21.5 Å². The topological polar surface area (TPSA) is 76.1 Å². The van der Waals surface area contributed by atoms with E-state index in [9.17, 15) is 13.2 Å². The van der Waals surface area contributed by atoms with Crippen LogP contribution >= 0.6 is 45.9 Å². The van der Waals surface area contributed by atoms with Crippen molar-refractivity contribution in [3.05, 3.63) is 56.0 Å². The number of thiazole rings is 1. The van der Waals surface area contributed by atoms with Gasteiger partial charge >= 0.3 is 0 Å². The minimum Gasteiger partial charge on any atom is -0.302 e. The predicted molar refractivity (Wildman–Crippen MR) is 113 cm³/mol. The van der Waals surface area contributed by atoms with E-state index in [4.69, 9.17) is 23.2 Å². The zero-order chi connectivity index (χ0) is 19.4. The van der Waals surface area contributed by atoms with E-state index in [2.05, 4.69) is 10.3 Å². The third-order valence-corrected chi connectivity index (χ3v) is 7.40. The number of nitrogens with one attached hydrogen (secondary N) is 1. The van der Waals surface area contributed by atoms with Gasteiger partial charge in [-0.1, -0.05) is 53.5 Å². The van der Waals surface area contributed by atoms with Crippen LogP contribution in [0.15, 0.2) is 41.8 Å². The molecule has 142 valence electrons. The maximum atomic E-state index is 12.2. The summed E-state index contributed by atoms with van der Waals surface area (Å²) < 4.78 is 25.4. The molecule has 0 atom stereocenters. The molecule has 2 aromatic heterocycles. The molecular weight excluding hydrogens is 447 g/mol. The van der Waals surface area contributed by atoms with Gasteiger partial charge in [0.15, 0.2) is 15.0 Å². The van der Waals surface area contributed by atoms with Gasteiger partial charge in [-0.25, -0.2) is 13.4 Å². The van der Waals surface area contributed by atoms with Crippen molar-refractivity contribution in [1.82, 2.24) is 4.98 Å². The van der Waals surface area contributed by atoms with E-state index in [1.165, 1.54) is 22.7 Å². The minimum atomic E-state index is -3.37. The summed E-state index contributed by atoms with van der Waals surface area (Å²) >= 11 is 14.5. The van der Waals surface area contributed by atoms with Crippen LogP contribution in [0.25, 0.3) is 11.3 Å². The summed E-state index contributed by atoms with van der Waals surface area (Å²) in [6.45, 7) is 0. The fourth-order valence-corrected chi connectivity index (χ4v) is 5.85. The number of hydrogen-bond donors (Lipinski definition) is 1. The van der Waals surface area contributed by atoms with Crippen molar-refractivity contribution in [2.24, 2.45) is 0 Å². The van der Waals surface area contributed by atoms with E-state index < -0.39 is 15.7 Å². The Hall–Kier alpha value is -1.45. The Labute approximate surface area is 174 Å². The van der Waals surface area contributed by atoms with Crippen LogP contribution < -0.4 is 5.32 Å². The first-order chi connectivity index (χ1) is 12.8. The highest BCUT2D eigenvalue weighted by Gasteiger charge is 2.16. The van der Waals surface area contributed by atoms with E-state index in [0.717, 1.165) is 0 Å². The van der Waals surface area contributed by atoms with Crippen LogP contribution in [0.1, 0.15) is 12.0 Å². The second kappa shape index (κ2) is 8.70. The second-order valence-electron chi connectivity index (χ2n) is 5.65. The van der Waals surface area contributed by atoms with Crippen molar-refractivity contribution < 1.29 is 13.2 Å². The molecule has 0 radical (unpaired) electrons. The smallest absolute Gasteiger partial charge is 0.227 e. The molecule has 0 saturated heterocycles. The van der Waals surface area contributed by atoms with Crippen molar-refractivity contribution in [1.29, 1.82) is 0 Å². The number of rotatable bonds is 7. The van der Waals surface area contributed by atoms with E-state index in [-0.39, 0.29) is 17.9 Å². The molecule has 0 bridgehead atoms. The maximum absolute atomic E-state index is 12.2. The number of anilines is 1. The number of aromatic nitrogens is 1. The lowest BCUT2D eigenvalue weighted by molar-refractivity contribution is -0.115. The van der Waals surface area contributed by atoms with Gasteiger partial charge < -0.3 is 5.32 Å². The molecular formula is C17H14Cl2N2O3S3. The van der Waals surface area contributed by atoms with Crippen LogP contribution in [-0.2, 0) is 20.4 Å². The van der Waals surface area contributed by atoms with E-state index >= 15 is 0 Å². The highest BCUT2D eigenvalue weighted by molar-refractivity contribution is 7.90. The zero-order valence-corrected chi connectivity index (χ0v) is 17.8. The van der Waals surface area contributed by atoms with Crippen LogP contribution in [0.2, 0.25) is 8.67 Å². The number of hydrogen-bond acceptors (Lipinski definition) is 6. The van der Waals surface area contributed by atoms with Gasteiger partial charge in [-0.2, -0.15) is 0 Å². The molecule has 0 aliphatic heterocycles. The average Bonchev–Trinajstić information content (AvgIpc) is 3.19. The summed E-state index contributed by atoms with van der Waals surface area (Å²) in [5, 5.41) is 4.77. The lowest BCUT2D eigenvalue weighted by atomic mass is 10.2. The van der Waals surface area contributed by atoms with Crippen molar-refractivity contribution in [2.75, 3.05) is 11.1 Å². The van der Waals surface area contributed by atoms with Gasteiger partial charge in [-0.3, -0.25) is 4.79 Å². The highest BCUT2D eigenvalue weighted by atomic mass is 35.5. The molecule has 0 aliphatic carbocycles. The third kappa shape index (κ3) is 5.76. The molecule has 0 fully saturated rings. The normalized spacial score (nSPS) is 11.5. The summed E-state index contributed by atoms with van der Waals surface area (Å²) in [4.78, 5) is 16.4. The number of amides is 1. The first-order valence-corrected chi connectivity index (χ1v) is 12.0. The second-order valence-corrected chi connectivity index (χ2v) is 11.0. The standard InChI is InChI=1S/C17H14Cl2N2O3S3/c18-14-8-12(16(19)26-14)13-9-25-17(20-13)21-15(22)6-7-27(23,24)10-11-4-2-1-3-5-11/h1-5,8-9H,6-7,10H2,(H,20,21,22). The number of thiophene rings is 1. The van der Waals surface area contributed by atoms with E-state index in [0.29, 0.717) is 30.6 Å². The molecule has 10 heteroatoms. The molecule has 27 heavy (non-hydrogen) atoms. The van der Waals surface area contributed by atoms with Crippen molar-refractivity contribution in [2.45, 2.75) is 12.2 Å². The number of nitrogens with zero attached hydrogens (tertiary/aromatic N) is 1. The molecule has 3 aromatic rings. The summed E-state index contributed by atoms with van der Waals surface area (Å²) in [5.74, 6) is -0.709. The van der Waals surface area contributed by atoms with Gasteiger partial charge in [0.25, 0.3) is 0 Å². The van der Waals surface area contributed by atoms with Crippen molar-refractivity contribution in [3.63, 3.8) is 0 Å². The Bertz CT molecular complexity index is 1050. The predicted octanol–water partition coefficient (Wildman–Crippen LogP) is 5.12. The van der Waals surface area contributed by atoms with Crippen LogP contribution in [0, 0.1) is 0 Å². The Morgan fingerprint density at radius 1 is 1.19 bits per heavy atom. The molecule has 1 amide bonds. The van der Waals surface area contributed by atoms with Crippen LogP contribution in [0.5, 0.6) is 0 Å². The Morgan fingerprint density at radius 3 is 2.59 bits per heavy atom. The SMILES string of the molecule is O=C(CCS(=O)(=O)Cc1ccccc1)Nc1nc(-c2cc(Cl)sc2Cl)cs1. The molecule has 1 aromatic carbocycles. The molecule has 0 saturated carbocycles. The first kappa shape index (κ1) is 20.3. The molecule has 2 heterocycles. The molecule has 0 unspecified atom stereocenters. The Morgan fingerprint density at radius 2 is 1.93 bits per heavy atom. The monoisotopic (exact) mass is 460 g/mol. The van der Waals surface area contributed by atoms with Crippen LogP contribution in [0.4, 0.5) is 5.13 Å². The van der Waals surface area contributed by atoms with Gasteiger partial charge in [-0.15, -0.1) is 22.7 Å². The van der Waals surface area contributed by atoms with Gasteiger partial charge in [0.2, 0.25) is 5.91 Å². The minimum absolute atomic E-state index is 0.0834. The highest BCUT2D eigenvalue weighted by Crippen LogP contribution is 2.38. The lowest BCUT2D eigenvalue weighted by Gasteiger charge is -2.05. The number of carbonyl (C=O) groups excluding carboxylic acids is 1. The Balaban J connectivity index is 1.56. The van der Waals surface area contributed by atoms with Gasteiger partial charge in [0.1, 0.15) is 4.34 Å². The average molecular weight is 461 g/mol. The number of benzene rings is 1. The zero-order valence-electron chi connectivity index (χ0n) is 13.8. The van der Waals surface area contributed by atoms with Crippen molar-refractivity contribution >= 4 is 66.8 Å². The third-order valence-electron chi connectivity index (χ3n) is 3.55. The number of carbonyl (C=O) groups is 1. The summed E-state index contributed by atoms with van der Waals surface area (Å²) in [5.41, 5.74) is 2.02. The summed E-state index contributed by atoms with van der Waals surface area (Å²) in [6, 6.07) is 10.6. The first-order valence-electron chi connectivity index (χ1n) is 7.77. The Kier molecular flexibility index (Phi) is 6.54.